The Morgan fingerprint density at radius 1 is 1.19 bits per heavy atom. The van der Waals surface area contributed by atoms with E-state index in [9.17, 15) is 4.79 Å². The highest BCUT2D eigenvalue weighted by Crippen LogP contribution is 2.15. The summed E-state index contributed by atoms with van der Waals surface area (Å²) in [5, 5.41) is 9.73. The Balaban J connectivity index is 1.51. The van der Waals surface area contributed by atoms with Crippen LogP contribution in [0.4, 0.5) is 11.6 Å². The number of hydrogen-bond donors (Lipinski definition) is 2. The van der Waals surface area contributed by atoms with Crippen LogP contribution in [0.25, 0.3) is 0 Å². The van der Waals surface area contributed by atoms with E-state index >= 15 is 0 Å². The average Bonchev–Trinajstić information content (AvgIpc) is 3.07. The zero-order valence-corrected chi connectivity index (χ0v) is 14.7. The summed E-state index contributed by atoms with van der Waals surface area (Å²) in [7, 11) is 1.64. The molecule has 2 aromatic heterocycles. The van der Waals surface area contributed by atoms with Crippen molar-refractivity contribution >= 4 is 17.5 Å². The summed E-state index contributed by atoms with van der Waals surface area (Å²) in [4.78, 5) is 16.4. The molecule has 7 nitrogen and oxygen atoms in total. The number of carbonyl (C=O) groups is 1. The number of pyridine rings is 1. The van der Waals surface area contributed by atoms with Gasteiger partial charge in [0.05, 0.1) is 12.7 Å². The molecule has 7 heteroatoms. The van der Waals surface area contributed by atoms with E-state index in [1.54, 1.807) is 25.3 Å². The maximum absolute atomic E-state index is 12.2. The average molecular weight is 352 g/mol. The van der Waals surface area contributed by atoms with Gasteiger partial charge in [0.2, 0.25) is 0 Å². The summed E-state index contributed by atoms with van der Waals surface area (Å²) >= 11 is 0. The van der Waals surface area contributed by atoms with Gasteiger partial charge in [-0.3, -0.25) is 4.79 Å². The Kier molecular flexibility index (Phi) is 5.48. The fraction of sp³-hybridized carbons (Fsp3) is 0.211. The minimum Gasteiger partial charge on any atom is -0.497 e. The zero-order chi connectivity index (χ0) is 18.4. The van der Waals surface area contributed by atoms with Gasteiger partial charge in [0.1, 0.15) is 17.3 Å². The number of amides is 1. The molecule has 0 aliphatic heterocycles. The van der Waals surface area contributed by atoms with Crippen LogP contribution in [0.5, 0.6) is 5.75 Å². The molecule has 0 spiro atoms. The maximum Gasteiger partial charge on any atom is 0.252 e. The number of aromatic nitrogens is 2. The van der Waals surface area contributed by atoms with Crippen LogP contribution in [0.3, 0.4) is 0 Å². The van der Waals surface area contributed by atoms with Crippen molar-refractivity contribution in [1.29, 1.82) is 0 Å². The SMILES string of the molecule is COc1cccc(CCNC(=O)c2ccc(Nc3cc(C)on3)nc2)c1. The predicted molar refractivity (Wildman–Crippen MR) is 97.8 cm³/mol. The smallest absolute Gasteiger partial charge is 0.252 e. The molecule has 0 radical (unpaired) electrons. The van der Waals surface area contributed by atoms with E-state index in [-0.39, 0.29) is 5.91 Å². The van der Waals surface area contributed by atoms with E-state index in [2.05, 4.69) is 20.8 Å². The molecule has 0 atom stereocenters. The van der Waals surface area contributed by atoms with Crippen molar-refractivity contribution in [2.45, 2.75) is 13.3 Å². The van der Waals surface area contributed by atoms with Gasteiger partial charge in [0, 0.05) is 18.8 Å². The highest BCUT2D eigenvalue weighted by molar-refractivity contribution is 5.94. The lowest BCUT2D eigenvalue weighted by molar-refractivity contribution is 0.0954. The van der Waals surface area contributed by atoms with E-state index < -0.39 is 0 Å². The Morgan fingerprint density at radius 2 is 2.08 bits per heavy atom. The highest BCUT2D eigenvalue weighted by atomic mass is 16.5. The topological polar surface area (TPSA) is 89.3 Å². The normalized spacial score (nSPS) is 10.4. The van der Waals surface area contributed by atoms with E-state index in [0.29, 0.717) is 29.5 Å². The van der Waals surface area contributed by atoms with Crippen molar-refractivity contribution in [2.75, 3.05) is 19.0 Å². The molecule has 2 heterocycles. The van der Waals surface area contributed by atoms with Crippen molar-refractivity contribution in [2.24, 2.45) is 0 Å². The molecule has 0 bridgehead atoms. The van der Waals surface area contributed by atoms with Gasteiger partial charge in [0.25, 0.3) is 5.91 Å². The number of methoxy groups -OCH3 is 1. The Hall–Kier alpha value is -3.35. The Bertz CT molecular complexity index is 875. The van der Waals surface area contributed by atoms with Crippen LogP contribution in [-0.2, 0) is 6.42 Å². The molecule has 1 aromatic carbocycles. The lowest BCUT2D eigenvalue weighted by Gasteiger charge is -2.07. The number of hydrogen-bond acceptors (Lipinski definition) is 6. The third-order valence-corrected chi connectivity index (χ3v) is 3.74. The van der Waals surface area contributed by atoms with Gasteiger partial charge in [-0.1, -0.05) is 17.3 Å². The standard InChI is InChI=1S/C19H20N4O3/c1-13-10-18(23-26-13)22-17-7-6-15(12-21-17)19(24)20-9-8-14-4-3-5-16(11-14)25-2/h3-7,10-12H,8-9H2,1-2H3,(H,20,24)(H,21,22,23). The molecular weight excluding hydrogens is 332 g/mol. The predicted octanol–water partition coefficient (Wildman–Crippen LogP) is 3.10. The molecule has 1 amide bonds. The molecule has 0 unspecified atom stereocenters. The van der Waals surface area contributed by atoms with Crippen molar-refractivity contribution < 1.29 is 14.1 Å². The van der Waals surface area contributed by atoms with Crippen molar-refractivity contribution in [3.05, 3.63) is 65.5 Å². The molecule has 0 fully saturated rings. The largest absolute Gasteiger partial charge is 0.497 e. The first kappa shape index (κ1) is 17.5. The molecule has 26 heavy (non-hydrogen) atoms. The van der Waals surface area contributed by atoms with Crippen LogP contribution in [0.2, 0.25) is 0 Å². The second-order valence-corrected chi connectivity index (χ2v) is 5.74. The molecule has 134 valence electrons. The summed E-state index contributed by atoms with van der Waals surface area (Å²) in [6, 6.07) is 13.0. The molecule has 0 aliphatic rings. The number of rotatable bonds is 7. The van der Waals surface area contributed by atoms with Crippen LogP contribution >= 0.6 is 0 Å². The number of anilines is 2. The second kappa shape index (κ2) is 8.15. The summed E-state index contributed by atoms with van der Waals surface area (Å²) < 4.78 is 10.2. The van der Waals surface area contributed by atoms with Gasteiger partial charge in [-0.2, -0.15) is 0 Å². The first-order chi connectivity index (χ1) is 12.6. The lowest BCUT2D eigenvalue weighted by atomic mass is 10.1. The first-order valence-electron chi connectivity index (χ1n) is 8.21. The molecule has 3 aromatic rings. The number of carbonyl (C=O) groups excluding carboxylic acids is 1. The van der Waals surface area contributed by atoms with E-state index in [0.717, 1.165) is 17.7 Å². The van der Waals surface area contributed by atoms with Crippen LogP contribution in [0, 0.1) is 6.92 Å². The lowest BCUT2D eigenvalue weighted by Crippen LogP contribution is -2.25. The quantitative estimate of drug-likeness (QED) is 0.679. The number of ether oxygens (including phenoxy) is 1. The third-order valence-electron chi connectivity index (χ3n) is 3.74. The summed E-state index contributed by atoms with van der Waals surface area (Å²) in [5.74, 6) is 2.52. The molecule has 2 N–H and O–H groups in total. The van der Waals surface area contributed by atoms with Crippen LogP contribution in [0.1, 0.15) is 21.7 Å². The van der Waals surface area contributed by atoms with Crippen molar-refractivity contribution in [3.63, 3.8) is 0 Å². The van der Waals surface area contributed by atoms with E-state index in [1.165, 1.54) is 6.20 Å². The van der Waals surface area contributed by atoms with Crippen LogP contribution in [0.15, 0.2) is 53.2 Å². The molecule has 0 aliphatic carbocycles. The minimum atomic E-state index is -0.163. The van der Waals surface area contributed by atoms with Gasteiger partial charge in [-0.15, -0.1) is 0 Å². The number of nitrogens with one attached hydrogen (secondary N) is 2. The Labute approximate surface area is 151 Å². The van der Waals surface area contributed by atoms with Crippen molar-refractivity contribution in [3.8, 4) is 5.75 Å². The van der Waals surface area contributed by atoms with E-state index in [1.807, 2.05) is 31.2 Å². The van der Waals surface area contributed by atoms with Crippen LogP contribution < -0.4 is 15.4 Å². The summed E-state index contributed by atoms with van der Waals surface area (Å²) in [6.07, 6.45) is 2.25. The Morgan fingerprint density at radius 3 is 2.77 bits per heavy atom. The maximum atomic E-state index is 12.2. The monoisotopic (exact) mass is 352 g/mol. The highest BCUT2D eigenvalue weighted by Gasteiger charge is 2.07. The number of benzene rings is 1. The second-order valence-electron chi connectivity index (χ2n) is 5.74. The zero-order valence-electron chi connectivity index (χ0n) is 14.7. The van der Waals surface area contributed by atoms with Gasteiger partial charge >= 0.3 is 0 Å². The van der Waals surface area contributed by atoms with Gasteiger partial charge in [-0.25, -0.2) is 4.98 Å². The first-order valence-corrected chi connectivity index (χ1v) is 8.21. The van der Waals surface area contributed by atoms with Gasteiger partial charge in [-0.05, 0) is 43.2 Å². The molecular formula is C19H20N4O3. The molecule has 0 saturated heterocycles. The molecule has 0 saturated carbocycles. The molecule has 3 rings (SSSR count). The fourth-order valence-corrected chi connectivity index (χ4v) is 2.41. The minimum absolute atomic E-state index is 0.163. The fourth-order valence-electron chi connectivity index (χ4n) is 2.41. The van der Waals surface area contributed by atoms with Crippen LogP contribution in [-0.4, -0.2) is 29.7 Å². The summed E-state index contributed by atoms with van der Waals surface area (Å²) in [6.45, 7) is 2.34. The summed E-state index contributed by atoms with van der Waals surface area (Å²) in [5.41, 5.74) is 1.60. The van der Waals surface area contributed by atoms with E-state index in [4.69, 9.17) is 9.26 Å². The van der Waals surface area contributed by atoms with Gasteiger partial charge in [0.15, 0.2) is 5.82 Å². The van der Waals surface area contributed by atoms with Gasteiger partial charge < -0.3 is 19.9 Å². The third kappa shape index (κ3) is 4.60. The van der Waals surface area contributed by atoms with Crippen molar-refractivity contribution in [1.82, 2.24) is 15.5 Å². The number of nitrogens with zero attached hydrogens (tertiary/aromatic N) is 2. The number of aryl methyl sites for hydroxylation is 1.